The molecule has 15 heavy (non-hydrogen) atoms. The fourth-order valence-corrected chi connectivity index (χ4v) is 0.830. The summed E-state index contributed by atoms with van der Waals surface area (Å²) in [6, 6.07) is 0. The molecule has 1 amide bonds. The minimum Gasteiger partial charge on any atom is -0.354 e. The SMILES string of the molecule is CC(CCNC(=O)CCl)([N+](=O)[O-])[N+](=O)[O-]. The third-order valence-electron chi connectivity index (χ3n) is 1.83. The Morgan fingerprint density at radius 3 is 2.20 bits per heavy atom. The van der Waals surface area contributed by atoms with Gasteiger partial charge in [0.2, 0.25) is 5.91 Å². The molecule has 0 atom stereocenters. The van der Waals surface area contributed by atoms with E-state index in [2.05, 4.69) is 5.32 Å². The molecule has 9 heteroatoms. The second-order valence-corrected chi connectivity index (χ2v) is 3.23. The lowest BCUT2D eigenvalue weighted by molar-refractivity contribution is -0.792. The van der Waals surface area contributed by atoms with Gasteiger partial charge in [-0.3, -0.25) is 25.0 Å². The van der Waals surface area contributed by atoms with E-state index in [0.717, 1.165) is 6.92 Å². The second-order valence-electron chi connectivity index (χ2n) is 2.96. The molecule has 86 valence electrons. The van der Waals surface area contributed by atoms with E-state index >= 15 is 0 Å². The first-order chi connectivity index (χ1) is 6.84. The lowest BCUT2D eigenvalue weighted by Gasteiger charge is -2.12. The lowest BCUT2D eigenvalue weighted by Crippen LogP contribution is -2.45. The molecule has 0 aliphatic heterocycles. The summed E-state index contributed by atoms with van der Waals surface area (Å²) in [6.45, 7) is 0.726. The number of hydrogen-bond donors (Lipinski definition) is 1. The number of amides is 1. The largest absolute Gasteiger partial charge is 0.457 e. The third kappa shape index (κ3) is 3.66. The summed E-state index contributed by atoms with van der Waals surface area (Å²) in [6.07, 6.45) is -0.393. The van der Waals surface area contributed by atoms with Crippen molar-refractivity contribution in [2.75, 3.05) is 12.4 Å². The van der Waals surface area contributed by atoms with E-state index in [1.54, 1.807) is 0 Å². The maximum Gasteiger partial charge on any atom is 0.457 e. The Balaban J connectivity index is 4.27. The number of alkyl halides is 1. The molecule has 0 saturated heterocycles. The molecule has 0 radical (unpaired) electrons. The molecule has 0 fully saturated rings. The molecule has 8 nitrogen and oxygen atoms in total. The van der Waals surface area contributed by atoms with Gasteiger partial charge < -0.3 is 5.32 Å². The number of halogens is 1. The number of carbonyl (C=O) groups is 1. The van der Waals surface area contributed by atoms with Crippen LogP contribution in [0.3, 0.4) is 0 Å². The van der Waals surface area contributed by atoms with Crippen LogP contribution in [0.15, 0.2) is 0 Å². The Morgan fingerprint density at radius 1 is 1.40 bits per heavy atom. The Kier molecular flexibility index (Phi) is 4.92. The van der Waals surface area contributed by atoms with E-state index in [-0.39, 0.29) is 12.4 Å². The first-order valence-electron chi connectivity index (χ1n) is 3.96. The van der Waals surface area contributed by atoms with Gasteiger partial charge in [-0.2, -0.15) is 0 Å². The zero-order valence-electron chi connectivity index (χ0n) is 7.93. The molecule has 0 aliphatic rings. The van der Waals surface area contributed by atoms with Crippen molar-refractivity contribution in [2.45, 2.75) is 19.0 Å². The van der Waals surface area contributed by atoms with Crippen LogP contribution in [0.1, 0.15) is 13.3 Å². The van der Waals surface area contributed by atoms with Crippen LogP contribution in [0.5, 0.6) is 0 Å². The monoisotopic (exact) mass is 239 g/mol. The topological polar surface area (TPSA) is 115 Å². The predicted octanol–water partition coefficient (Wildman–Crippen LogP) is 0.00110. The van der Waals surface area contributed by atoms with Crippen LogP contribution in [-0.4, -0.2) is 33.8 Å². The Hall–Kier alpha value is -1.44. The zero-order valence-corrected chi connectivity index (χ0v) is 8.69. The molecule has 0 aliphatic carbocycles. The van der Waals surface area contributed by atoms with E-state index in [4.69, 9.17) is 11.6 Å². The van der Waals surface area contributed by atoms with Gasteiger partial charge in [0.25, 0.3) is 0 Å². The van der Waals surface area contributed by atoms with Crippen molar-refractivity contribution < 1.29 is 14.6 Å². The minimum atomic E-state index is -2.28. The van der Waals surface area contributed by atoms with Crippen molar-refractivity contribution in [3.05, 3.63) is 20.2 Å². The summed E-state index contributed by atoms with van der Waals surface area (Å²) in [4.78, 5) is 29.5. The molecule has 0 aromatic rings. The maximum absolute atomic E-state index is 10.7. The van der Waals surface area contributed by atoms with Gasteiger partial charge in [-0.15, -0.1) is 11.6 Å². The molecular formula is C6H10ClN3O5. The number of rotatable bonds is 6. The average Bonchev–Trinajstić information content (AvgIpc) is 2.16. The molecule has 1 N–H and O–H groups in total. The number of nitrogens with one attached hydrogen (secondary N) is 1. The molecule has 0 bridgehead atoms. The molecule has 0 aromatic carbocycles. The highest BCUT2D eigenvalue weighted by Gasteiger charge is 2.49. The summed E-state index contributed by atoms with van der Waals surface area (Å²) in [5.74, 6) is -0.807. The van der Waals surface area contributed by atoms with Crippen molar-refractivity contribution in [2.24, 2.45) is 0 Å². The van der Waals surface area contributed by atoms with Crippen molar-refractivity contribution in [3.63, 3.8) is 0 Å². The summed E-state index contributed by atoms with van der Waals surface area (Å²) < 4.78 is 0. The molecule has 0 rings (SSSR count). The summed E-state index contributed by atoms with van der Waals surface area (Å²) in [7, 11) is 0. The highest BCUT2D eigenvalue weighted by molar-refractivity contribution is 6.27. The van der Waals surface area contributed by atoms with E-state index in [9.17, 15) is 25.0 Å². The molecule has 0 aromatic heterocycles. The average molecular weight is 240 g/mol. The summed E-state index contributed by atoms with van der Waals surface area (Å²) >= 11 is 5.15. The smallest absolute Gasteiger partial charge is 0.354 e. The van der Waals surface area contributed by atoms with Crippen LogP contribution >= 0.6 is 11.6 Å². The first-order valence-corrected chi connectivity index (χ1v) is 4.49. The quantitative estimate of drug-likeness (QED) is 0.303. The van der Waals surface area contributed by atoms with Gasteiger partial charge in [-0.1, -0.05) is 0 Å². The van der Waals surface area contributed by atoms with Crippen molar-refractivity contribution in [1.82, 2.24) is 5.32 Å². The van der Waals surface area contributed by atoms with Crippen molar-refractivity contribution >= 4 is 17.5 Å². The number of nitrogens with zero attached hydrogens (tertiary/aromatic N) is 2. The first kappa shape index (κ1) is 13.6. The van der Waals surface area contributed by atoms with Gasteiger partial charge in [0.15, 0.2) is 0 Å². The van der Waals surface area contributed by atoms with Gasteiger partial charge >= 0.3 is 5.66 Å². The molecule has 0 spiro atoms. The van der Waals surface area contributed by atoms with Crippen LogP contribution in [0.2, 0.25) is 0 Å². The zero-order chi connectivity index (χ0) is 12.1. The number of carbonyl (C=O) groups excluding carboxylic acids is 1. The second kappa shape index (κ2) is 5.44. The minimum absolute atomic E-state index is 0.163. The third-order valence-corrected chi connectivity index (χ3v) is 2.07. The van der Waals surface area contributed by atoms with Gasteiger partial charge in [0, 0.05) is 6.54 Å². The van der Waals surface area contributed by atoms with Crippen LogP contribution < -0.4 is 5.32 Å². The standard InChI is InChI=1S/C6H10ClN3O5/c1-6(9(12)13,10(14)15)2-3-8-5(11)4-7/h2-4H2,1H3,(H,8,11). The Bertz CT molecular complexity index is 268. The van der Waals surface area contributed by atoms with Crippen LogP contribution in [0.4, 0.5) is 0 Å². The van der Waals surface area contributed by atoms with Crippen molar-refractivity contribution in [3.8, 4) is 0 Å². The lowest BCUT2D eigenvalue weighted by atomic mass is 10.1. The van der Waals surface area contributed by atoms with Crippen molar-refractivity contribution in [1.29, 1.82) is 0 Å². The highest BCUT2D eigenvalue weighted by atomic mass is 35.5. The number of nitro groups is 2. The molecular weight excluding hydrogens is 230 g/mol. The van der Waals surface area contributed by atoms with Crippen LogP contribution in [-0.2, 0) is 4.79 Å². The van der Waals surface area contributed by atoms with E-state index in [1.165, 1.54) is 0 Å². The molecule has 0 unspecified atom stereocenters. The normalized spacial score (nSPS) is 10.8. The van der Waals surface area contributed by atoms with E-state index < -0.39 is 27.8 Å². The van der Waals surface area contributed by atoms with Gasteiger partial charge in [0.05, 0.1) is 16.8 Å². The Morgan fingerprint density at radius 2 is 1.87 bits per heavy atom. The fraction of sp³-hybridized carbons (Fsp3) is 0.833. The Labute approximate surface area is 89.9 Å². The van der Waals surface area contributed by atoms with E-state index in [0.29, 0.717) is 0 Å². The van der Waals surface area contributed by atoms with Crippen LogP contribution in [0.25, 0.3) is 0 Å². The van der Waals surface area contributed by atoms with E-state index in [1.807, 2.05) is 0 Å². The highest BCUT2D eigenvalue weighted by Crippen LogP contribution is 2.13. The van der Waals surface area contributed by atoms with Crippen LogP contribution in [0, 0.1) is 20.2 Å². The maximum atomic E-state index is 10.7. The van der Waals surface area contributed by atoms with Gasteiger partial charge in [-0.25, -0.2) is 0 Å². The molecule has 0 saturated carbocycles. The fourth-order valence-electron chi connectivity index (χ4n) is 0.735. The summed E-state index contributed by atoms with van der Waals surface area (Å²) in [5, 5.41) is 23.1. The van der Waals surface area contributed by atoms with Gasteiger partial charge in [-0.05, 0) is 0 Å². The number of hydrogen-bond acceptors (Lipinski definition) is 5. The molecule has 0 heterocycles. The summed E-state index contributed by atoms with van der Waals surface area (Å²) in [5.41, 5.74) is -2.28. The van der Waals surface area contributed by atoms with Gasteiger partial charge in [0.1, 0.15) is 12.3 Å². The predicted molar refractivity (Wildman–Crippen MR) is 50.7 cm³/mol.